The van der Waals surface area contributed by atoms with Crippen LogP contribution in [0.1, 0.15) is 42.1 Å². The zero-order valence-electron chi connectivity index (χ0n) is 21.7. The summed E-state index contributed by atoms with van der Waals surface area (Å²) in [5, 5.41) is 11.6. The molecule has 0 saturated carbocycles. The number of amides is 1. The molecule has 1 unspecified atom stereocenters. The van der Waals surface area contributed by atoms with Crippen molar-refractivity contribution in [3.05, 3.63) is 88.5 Å². The van der Waals surface area contributed by atoms with Gasteiger partial charge in [-0.05, 0) is 69.2 Å². The van der Waals surface area contributed by atoms with E-state index in [2.05, 4.69) is 0 Å². The lowest BCUT2D eigenvalue weighted by Crippen LogP contribution is -2.29. The van der Waals surface area contributed by atoms with Crippen molar-refractivity contribution in [1.29, 1.82) is 0 Å². The number of Topliss-reactive ketones (excluding diaryl/α,β-unsaturated/α-hetero) is 1. The first-order valence-electron chi connectivity index (χ1n) is 12.2. The van der Waals surface area contributed by atoms with Gasteiger partial charge in [-0.2, -0.15) is 0 Å². The van der Waals surface area contributed by atoms with E-state index >= 15 is 0 Å². The van der Waals surface area contributed by atoms with E-state index in [-0.39, 0.29) is 11.3 Å². The second kappa shape index (κ2) is 10.8. The Hall–Kier alpha value is -4.26. The van der Waals surface area contributed by atoms with Crippen molar-refractivity contribution in [2.24, 2.45) is 0 Å². The zero-order valence-corrected chi connectivity index (χ0v) is 21.7. The fraction of sp³-hybridized carbons (Fsp3) is 0.267. The average molecular weight is 502 g/mol. The molecule has 4 rings (SSSR count). The van der Waals surface area contributed by atoms with Gasteiger partial charge in [-0.15, -0.1) is 0 Å². The summed E-state index contributed by atoms with van der Waals surface area (Å²) in [4.78, 5) is 28.6. The van der Waals surface area contributed by atoms with E-state index in [4.69, 9.17) is 14.2 Å². The van der Waals surface area contributed by atoms with Gasteiger partial charge in [-0.1, -0.05) is 24.3 Å². The third kappa shape index (κ3) is 4.89. The SMILES string of the molecule is CCOc1ccc(/C(O)=C2\C(=O)C(=O)N(c3cc(C)cc(C)c3)C2c2ccccc2OC)c(OCC)c1. The molecule has 37 heavy (non-hydrogen) atoms. The molecule has 0 radical (unpaired) electrons. The van der Waals surface area contributed by atoms with E-state index < -0.39 is 17.7 Å². The summed E-state index contributed by atoms with van der Waals surface area (Å²) in [7, 11) is 1.53. The zero-order chi connectivity index (χ0) is 26.7. The maximum atomic E-state index is 13.6. The Kier molecular flexibility index (Phi) is 7.53. The van der Waals surface area contributed by atoms with Gasteiger partial charge in [0.05, 0.1) is 37.5 Å². The Morgan fingerprint density at radius 2 is 1.57 bits per heavy atom. The lowest BCUT2D eigenvalue weighted by molar-refractivity contribution is -0.132. The van der Waals surface area contributed by atoms with Crippen LogP contribution in [-0.2, 0) is 9.59 Å². The number of rotatable bonds is 8. The van der Waals surface area contributed by atoms with E-state index in [0.29, 0.717) is 47.3 Å². The van der Waals surface area contributed by atoms with Gasteiger partial charge in [0.1, 0.15) is 23.0 Å². The molecule has 1 saturated heterocycles. The van der Waals surface area contributed by atoms with Gasteiger partial charge >= 0.3 is 0 Å². The predicted molar refractivity (Wildman–Crippen MR) is 142 cm³/mol. The number of hydrogen-bond acceptors (Lipinski definition) is 6. The second-order valence-electron chi connectivity index (χ2n) is 8.78. The number of carbonyl (C=O) groups excluding carboxylic acids is 2. The molecule has 1 aliphatic heterocycles. The lowest BCUT2D eigenvalue weighted by Gasteiger charge is -2.27. The first-order chi connectivity index (χ1) is 17.8. The van der Waals surface area contributed by atoms with Crippen LogP contribution >= 0.6 is 0 Å². The highest BCUT2D eigenvalue weighted by molar-refractivity contribution is 6.51. The van der Waals surface area contributed by atoms with E-state index in [0.717, 1.165) is 11.1 Å². The minimum atomic E-state index is -0.918. The summed E-state index contributed by atoms with van der Waals surface area (Å²) >= 11 is 0. The number of nitrogens with zero attached hydrogens (tertiary/aromatic N) is 1. The molecule has 7 heteroatoms. The molecule has 1 heterocycles. The minimum absolute atomic E-state index is 0.0428. The largest absolute Gasteiger partial charge is 0.507 e. The van der Waals surface area contributed by atoms with Crippen molar-refractivity contribution in [2.45, 2.75) is 33.7 Å². The van der Waals surface area contributed by atoms with Crippen LogP contribution in [-0.4, -0.2) is 37.1 Å². The first-order valence-corrected chi connectivity index (χ1v) is 12.2. The predicted octanol–water partition coefficient (Wildman–Crippen LogP) is 5.74. The molecule has 1 aliphatic rings. The van der Waals surface area contributed by atoms with Gasteiger partial charge in [0.25, 0.3) is 11.7 Å². The highest BCUT2D eigenvalue weighted by atomic mass is 16.5. The maximum Gasteiger partial charge on any atom is 0.300 e. The van der Waals surface area contributed by atoms with Crippen molar-refractivity contribution in [3.8, 4) is 17.2 Å². The molecule has 1 atom stereocenters. The molecule has 1 amide bonds. The highest BCUT2D eigenvalue weighted by Crippen LogP contribution is 2.46. The molecule has 0 aromatic heterocycles. The quantitative estimate of drug-likeness (QED) is 0.241. The second-order valence-corrected chi connectivity index (χ2v) is 8.78. The van der Waals surface area contributed by atoms with Crippen LogP contribution in [0.4, 0.5) is 5.69 Å². The molecule has 192 valence electrons. The van der Waals surface area contributed by atoms with E-state index in [1.165, 1.54) is 12.0 Å². The van der Waals surface area contributed by atoms with Crippen LogP contribution < -0.4 is 19.1 Å². The Labute approximate surface area is 216 Å². The van der Waals surface area contributed by atoms with E-state index in [1.807, 2.05) is 58.0 Å². The lowest BCUT2D eigenvalue weighted by atomic mass is 9.94. The number of para-hydroxylation sites is 1. The first kappa shape index (κ1) is 25.8. The maximum absolute atomic E-state index is 13.6. The molecule has 7 nitrogen and oxygen atoms in total. The fourth-order valence-electron chi connectivity index (χ4n) is 4.75. The third-order valence-electron chi connectivity index (χ3n) is 6.18. The van der Waals surface area contributed by atoms with Crippen LogP contribution in [0.25, 0.3) is 5.76 Å². The number of methoxy groups -OCH3 is 1. The summed E-state index contributed by atoms with van der Waals surface area (Å²) in [5.74, 6) is -0.434. The smallest absolute Gasteiger partial charge is 0.300 e. The average Bonchev–Trinajstić information content (AvgIpc) is 3.13. The molecule has 0 spiro atoms. The van der Waals surface area contributed by atoms with Crippen molar-refractivity contribution >= 4 is 23.1 Å². The molecule has 1 N–H and O–H groups in total. The fourth-order valence-corrected chi connectivity index (χ4v) is 4.75. The van der Waals surface area contributed by atoms with Crippen LogP contribution in [0.2, 0.25) is 0 Å². The highest BCUT2D eigenvalue weighted by Gasteiger charge is 2.48. The molecule has 0 aliphatic carbocycles. The normalized spacial score (nSPS) is 16.7. The Morgan fingerprint density at radius 1 is 0.892 bits per heavy atom. The molecule has 0 bridgehead atoms. The van der Waals surface area contributed by atoms with E-state index in [1.54, 1.807) is 30.3 Å². The molecule has 3 aromatic rings. The Morgan fingerprint density at radius 3 is 2.22 bits per heavy atom. The van der Waals surface area contributed by atoms with Crippen LogP contribution in [0, 0.1) is 13.8 Å². The van der Waals surface area contributed by atoms with Gasteiger partial charge in [-0.3, -0.25) is 14.5 Å². The number of ether oxygens (including phenoxy) is 3. The minimum Gasteiger partial charge on any atom is -0.507 e. The van der Waals surface area contributed by atoms with Crippen molar-refractivity contribution in [2.75, 3.05) is 25.2 Å². The summed E-state index contributed by atoms with van der Waals surface area (Å²) in [5.41, 5.74) is 3.28. The molecular formula is C30H31NO6. The molecule has 1 fully saturated rings. The van der Waals surface area contributed by atoms with Gasteiger partial charge < -0.3 is 19.3 Å². The van der Waals surface area contributed by atoms with Crippen molar-refractivity contribution < 1.29 is 28.9 Å². The van der Waals surface area contributed by atoms with Crippen LogP contribution in [0.15, 0.2) is 66.2 Å². The number of ketones is 1. The van der Waals surface area contributed by atoms with Gasteiger partial charge in [0.15, 0.2) is 0 Å². The van der Waals surface area contributed by atoms with Crippen molar-refractivity contribution in [3.63, 3.8) is 0 Å². The number of aliphatic hydroxyl groups is 1. The summed E-state index contributed by atoms with van der Waals surface area (Å²) in [6, 6.07) is 16.9. The van der Waals surface area contributed by atoms with Gasteiger partial charge in [0.2, 0.25) is 0 Å². The van der Waals surface area contributed by atoms with Crippen LogP contribution in [0.3, 0.4) is 0 Å². The number of anilines is 1. The van der Waals surface area contributed by atoms with Crippen molar-refractivity contribution in [1.82, 2.24) is 0 Å². The topological polar surface area (TPSA) is 85.3 Å². The van der Waals surface area contributed by atoms with E-state index in [9.17, 15) is 14.7 Å². The monoisotopic (exact) mass is 501 g/mol. The summed E-state index contributed by atoms with van der Waals surface area (Å²) in [6.45, 7) is 8.36. The van der Waals surface area contributed by atoms with Crippen LogP contribution in [0.5, 0.6) is 17.2 Å². The number of aliphatic hydroxyl groups excluding tert-OH is 1. The molecular weight excluding hydrogens is 470 g/mol. The Balaban J connectivity index is 2.00. The summed E-state index contributed by atoms with van der Waals surface area (Å²) in [6.07, 6.45) is 0. The van der Waals surface area contributed by atoms with Gasteiger partial charge in [0, 0.05) is 17.3 Å². The number of benzene rings is 3. The summed E-state index contributed by atoms with van der Waals surface area (Å²) < 4.78 is 17.0. The Bertz CT molecular complexity index is 1360. The number of hydrogen-bond donors (Lipinski definition) is 1. The standard InChI is InChI=1S/C30H31NO6/c1-6-36-21-12-13-23(25(17-21)37-7-2)28(32)26-27(22-10-8-9-11-24(22)35-5)31(30(34)29(26)33)20-15-18(3)14-19(4)16-20/h8-17,27,32H,6-7H2,1-5H3/b28-26+. The third-order valence-corrected chi connectivity index (χ3v) is 6.18. The molecule has 3 aromatic carbocycles. The number of aryl methyl sites for hydroxylation is 2. The number of carbonyl (C=O) groups is 2. The van der Waals surface area contributed by atoms with Gasteiger partial charge in [-0.25, -0.2) is 0 Å².